The van der Waals surface area contributed by atoms with Crippen molar-refractivity contribution in [2.45, 2.75) is 6.92 Å². The molecule has 0 atom stereocenters. The summed E-state index contributed by atoms with van der Waals surface area (Å²) in [5.41, 5.74) is -0.443. The summed E-state index contributed by atoms with van der Waals surface area (Å²) in [5, 5.41) is 10.9. The predicted molar refractivity (Wildman–Crippen MR) is 57.5 cm³/mol. The van der Waals surface area contributed by atoms with E-state index in [0.717, 1.165) is 6.92 Å². The van der Waals surface area contributed by atoms with Crippen LogP contribution in [0.25, 0.3) is 0 Å². The highest BCUT2D eigenvalue weighted by Gasteiger charge is 2.27. The highest BCUT2D eigenvalue weighted by atomic mass is 16.6. The van der Waals surface area contributed by atoms with Crippen molar-refractivity contribution in [1.82, 2.24) is 0 Å². The van der Waals surface area contributed by atoms with E-state index in [1.807, 2.05) is 0 Å². The Morgan fingerprint density at radius 1 is 1.24 bits per heavy atom. The van der Waals surface area contributed by atoms with Gasteiger partial charge in [0.1, 0.15) is 0 Å². The highest BCUT2D eigenvalue weighted by molar-refractivity contribution is 5.73. The second-order valence-electron chi connectivity index (χ2n) is 3.00. The van der Waals surface area contributed by atoms with Crippen LogP contribution < -0.4 is 14.2 Å². The van der Waals surface area contributed by atoms with E-state index in [0.29, 0.717) is 0 Å². The van der Waals surface area contributed by atoms with Gasteiger partial charge in [0.05, 0.1) is 19.1 Å². The van der Waals surface area contributed by atoms with Gasteiger partial charge in [0, 0.05) is 6.92 Å². The van der Waals surface area contributed by atoms with Crippen LogP contribution in [0.1, 0.15) is 6.92 Å². The molecule has 7 heteroatoms. The maximum atomic E-state index is 10.9. The Kier molecular flexibility index (Phi) is 3.86. The minimum Gasteiger partial charge on any atom is -0.493 e. The number of carbonyl (C=O) groups is 1. The minimum absolute atomic E-state index is 0.0868. The molecule has 0 heterocycles. The van der Waals surface area contributed by atoms with Crippen molar-refractivity contribution < 1.29 is 23.9 Å². The maximum absolute atomic E-state index is 10.9. The van der Waals surface area contributed by atoms with E-state index in [1.54, 1.807) is 0 Å². The molecule has 0 saturated carbocycles. The van der Waals surface area contributed by atoms with Crippen molar-refractivity contribution >= 4 is 11.7 Å². The zero-order valence-electron chi connectivity index (χ0n) is 9.55. The van der Waals surface area contributed by atoms with Gasteiger partial charge < -0.3 is 14.2 Å². The van der Waals surface area contributed by atoms with E-state index >= 15 is 0 Å². The second kappa shape index (κ2) is 5.15. The summed E-state index contributed by atoms with van der Waals surface area (Å²) in [4.78, 5) is 21.1. The smallest absolute Gasteiger partial charge is 0.357 e. The summed E-state index contributed by atoms with van der Waals surface area (Å²) in [7, 11) is 2.62. The molecule has 0 aliphatic rings. The minimum atomic E-state index is -0.695. The Hall–Kier alpha value is -2.31. The fourth-order valence-corrected chi connectivity index (χ4v) is 1.30. The van der Waals surface area contributed by atoms with Crippen LogP contribution >= 0.6 is 0 Å². The number of methoxy groups -OCH3 is 2. The van der Waals surface area contributed by atoms with Crippen LogP contribution in [0.3, 0.4) is 0 Å². The number of nitro benzene ring substituents is 1. The summed E-state index contributed by atoms with van der Waals surface area (Å²) in [6, 6.07) is 2.70. The third-order valence-corrected chi connectivity index (χ3v) is 1.92. The van der Waals surface area contributed by atoms with Gasteiger partial charge in [-0.25, -0.2) is 0 Å². The number of hydrogen-bond acceptors (Lipinski definition) is 6. The fraction of sp³-hybridized carbons (Fsp3) is 0.300. The predicted octanol–water partition coefficient (Wildman–Crippen LogP) is 1.54. The molecular weight excluding hydrogens is 230 g/mol. The van der Waals surface area contributed by atoms with Gasteiger partial charge in [-0.1, -0.05) is 0 Å². The molecule has 0 N–H and O–H groups in total. The summed E-state index contributed by atoms with van der Waals surface area (Å²) in [5.74, 6) is -0.730. The van der Waals surface area contributed by atoms with Crippen molar-refractivity contribution in [1.29, 1.82) is 0 Å². The standard InChI is InChI=1S/C10H11NO6/c1-6(12)17-7-4-5-8(15-2)10(16-3)9(7)11(13)14/h4-5H,1-3H3. The van der Waals surface area contributed by atoms with Crippen molar-refractivity contribution in [3.63, 3.8) is 0 Å². The van der Waals surface area contributed by atoms with Gasteiger partial charge in [0.2, 0.25) is 11.5 Å². The zero-order valence-corrected chi connectivity index (χ0v) is 9.55. The average molecular weight is 241 g/mol. The molecule has 0 aliphatic heterocycles. The average Bonchev–Trinajstić information content (AvgIpc) is 2.26. The van der Waals surface area contributed by atoms with E-state index in [2.05, 4.69) is 0 Å². The van der Waals surface area contributed by atoms with Gasteiger partial charge >= 0.3 is 11.7 Å². The highest BCUT2D eigenvalue weighted by Crippen LogP contribution is 2.43. The molecule has 0 aromatic heterocycles. The molecule has 0 radical (unpaired) electrons. The normalized spacial score (nSPS) is 9.59. The molecule has 0 saturated heterocycles. The van der Waals surface area contributed by atoms with E-state index in [-0.39, 0.29) is 17.2 Å². The third-order valence-electron chi connectivity index (χ3n) is 1.92. The molecule has 1 rings (SSSR count). The first kappa shape index (κ1) is 12.8. The summed E-state index contributed by atoms with van der Waals surface area (Å²) in [6.45, 7) is 1.15. The van der Waals surface area contributed by atoms with Gasteiger partial charge in [0.25, 0.3) is 0 Å². The number of nitrogens with zero attached hydrogens (tertiary/aromatic N) is 1. The van der Waals surface area contributed by atoms with Crippen LogP contribution in [0, 0.1) is 10.1 Å². The largest absolute Gasteiger partial charge is 0.493 e. The first-order valence-electron chi connectivity index (χ1n) is 4.59. The van der Waals surface area contributed by atoms with Crippen LogP contribution in [0.4, 0.5) is 5.69 Å². The van der Waals surface area contributed by atoms with Crippen LogP contribution in [-0.4, -0.2) is 25.1 Å². The Balaban J connectivity index is 3.41. The van der Waals surface area contributed by atoms with Crippen LogP contribution in [0.5, 0.6) is 17.2 Å². The molecule has 0 fully saturated rings. The number of esters is 1. The molecule has 0 amide bonds. The molecule has 0 aliphatic carbocycles. The van der Waals surface area contributed by atoms with Crippen molar-refractivity contribution in [2.75, 3.05) is 14.2 Å². The number of ether oxygens (including phenoxy) is 3. The number of rotatable bonds is 4. The molecule has 17 heavy (non-hydrogen) atoms. The first-order chi connectivity index (χ1) is 8.01. The zero-order chi connectivity index (χ0) is 13.0. The molecule has 92 valence electrons. The summed E-state index contributed by atoms with van der Waals surface area (Å²) >= 11 is 0. The number of nitro groups is 1. The fourth-order valence-electron chi connectivity index (χ4n) is 1.30. The second-order valence-corrected chi connectivity index (χ2v) is 3.00. The van der Waals surface area contributed by atoms with Gasteiger partial charge in [-0.15, -0.1) is 0 Å². The Morgan fingerprint density at radius 3 is 2.24 bits per heavy atom. The van der Waals surface area contributed by atoms with E-state index in [4.69, 9.17) is 14.2 Å². The lowest BCUT2D eigenvalue weighted by Crippen LogP contribution is -2.05. The lowest BCUT2D eigenvalue weighted by Gasteiger charge is -2.10. The molecular formula is C10H11NO6. The summed E-state index contributed by atoms with van der Waals surface area (Å²) < 4.78 is 14.5. The van der Waals surface area contributed by atoms with Crippen molar-refractivity contribution in [3.8, 4) is 17.2 Å². The molecule has 7 nitrogen and oxygen atoms in total. The van der Waals surface area contributed by atoms with Crippen molar-refractivity contribution in [3.05, 3.63) is 22.2 Å². The number of hydrogen-bond donors (Lipinski definition) is 0. The lowest BCUT2D eigenvalue weighted by atomic mass is 10.2. The van der Waals surface area contributed by atoms with E-state index < -0.39 is 16.6 Å². The van der Waals surface area contributed by atoms with Gasteiger partial charge in [-0.05, 0) is 12.1 Å². The molecule has 0 bridgehead atoms. The monoisotopic (exact) mass is 241 g/mol. The van der Waals surface area contributed by atoms with E-state index in [1.165, 1.54) is 26.4 Å². The Labute approximate surface area is 97.0 Å². The van der Waals surface area contributed by atoms with Crippen molar-refractivity contribution in [2.24, 2.45) is 0 Å². The number of benzene rings is 1. The maximum Gasteiger partial charge on any atom is 0.357 e. The Morgan fingerprint density at radius 2 is 1.82 bits per heavy atom. The van der Waals surface area contributed by atoms with Gasteiger partial charge in [-0.2, -0.15) is 0 Å². The number of carbonyl (C=O) groups excluding carboxylic acids is 1. The topological polar surface area (TPSA) is 87.9 Å². The SMILES string of the molecule is COc1ccc(OC(C)=O)c([N+](=O)[O-])c1OC. The van der Waals surface area contributed by atoms with Crippen LogP contribution in [-0.2, 0) is 4.79 Å². The van der Waals surface area contributed by atoms with Crippen LogP contribution in [0.2, 0.25) is 0 Å². The van der Waals surface area contributed by atoms with Gasteiger partial charge in [-0.3, -0.25) is 14.9 Å². The van der Waals surface area contributed by atoms with Gasteiger partial charge in [0.15, 0.2) is 5.75 Å². The molecule has 1 aromatic rings. The van der Waals surface area contributed by atoms with Crippen LogP contribution in [0.15, 0.2) is 12.1 Å². The van der Waals surface area contributed by atoms with E-state index in [9.17, 15) is 14.9 Å². The molecule has 1 aromatic carbocycles. The Bertz CT molecular complexity index is 456. The molecule has 0 unspecified atom stereocenters. The third kappa shape index (κ3) is 2.63. The summed E-state index contributed by atoms with van der Waals surface area (Å²) in [6.07, 6.45) is 0. The molecule has 0 spiro atoms. The first-order valence-corrected chi connectivity index (χ1v) is 4.59. The lowest BCUT2D eigenvalue weighted by molar-refractivity contribution is -0.386. The quantitative estimate of drug-likeness (QED) is 0.344.